The average molecular weight is 780 g/mol. The van der Waals surface area contributed by atoms with E-state index in [4.69, 9.17) is 139 Å². The first kappa shape index (κ1) is 35.6. The average Bonchev–Trinajstić information content (AvgIpc) is 2.70. The van der Waals surface area contributed by atoms with Crippen molar-refractivity contribution in [1.82, 2.24) is 0 Å². The Morgan fingerprint density at radius 3 is 0.794 bits per heavy atom. The van der Waals surface area contributed by atoms with Crippen molar-refractivity contribution in [1.29, 1.82) is 0 Å². The Kier molecular flexibility index (Phi) is 13.6. The molecule has 0 radical (unpaired) electrons. The smallest absolute Gasteiger partial charge is 0.124 e. The molecular formula is C18H26Cl12Si4. The highest BCUT2D eigenvalue weighted by Gasteiger charge is 2.53. The second-order valence-electron chi connectivity index (χ2n) is 8.12. The zero-order chi connectivity index (χ0) is 27.2. The van der Waals surface area contributed by atoms with Gasteiger partial charge < -0.3 is 0 Å². The number of alkyl halides is 12. The van der Waals surface area contributed by atoms with Crippen LogP contribution in [0.15, 0.2) is 0 Å². The lowest BCUT2D eigenvalue weighted by atomic mass is 9.79. The van der Waals surface area contributed by atoms with E-state index < -0.39 is 37.3 Å². The first-order valence-electron chi connectivity index (χ1n) is 10.5. The van der Waals surface area contributed by atoms with Crippen LogP contribution in [0.5, 0.6) is 0 Å². The molecule has 4 atom stereocenters. The summed E-state index contributed by atoms with van der Waals surface area (Å²) in [5.41, 5.74) is 2.84. The van der Waals surface area contributed by atoms with Crippen molar-refractivity contribution in [3.05, 3.63) is 33.4 Å². The molecule has 0 aromatic heterocycles. The molecule has 0 spiro atoms. The molecule has 0 heterocycles. The summed E-state index contributed by atoms with van der Waals surface area (Å²) in [5.74, 6) is 0. The Balaban J connectivity index is 4.84. The zero-order valence-corrected chi connectivity index (χ0v) is 36.3. The molecular weight excluding hydrogens is 754 g/mol. The van der Waals surface area contributed by atoms with Crippen molar-refractivity contribution in [2.75, 3.05) is 0 Å². The summed E-state index contributed by atoms with van der Waals surface area (Å²) in [6.07, 6.45) is 0.980. The minimum Gasteiger partial charge on any atom is -0.124 e. The van der Waals surface area contributed by atoms with Crippen LogP contribution in [0.1, 0.15) is 47.2 Å². The standard InChI is InChI=1S/C18H26Cl12Si4/c1-3-5-6(4-2)8(16(25,26)12(20)32)10(18(29,30)14(22)34)9(17(27,28)13(21)33)7(5)15(23,24)11(19)31/h11-14H,3-4H2,1-2,31-34H3. The van der Waals surface area contributed by atoms with Crippen molar-refractivity contribution in [3.63, 3.8) is 0 Å². The van der Waals surface area contributed by atoms with Crippen LogP contribution in [0.4, 0.5) is 0 Å². The zero-order valence-electron chi connectivity index (χ0n) is 19.3. The van der Waals surface area contributed by atoms with Gasteiger partial charge >= 0.3 is 0 Å². The van der Waals surface area contributed by atoms with Gasteiger partial charge in [-0.2, -0.15) is 0 Å². The molecule has 0 aliphatic heterocycles. The number of hydrogen-bond donors (Lipinski definition) is 0. The Morgan fingerprint density at radius 2 is 0.647 bits per heavy atom. The van der Waals surface area contributed by atoms with Gasteiger partial charge in [0.1, 0.15) is 0 Å². The maximum atomic E-state index is 7.01. The fourth-order valence-corrected chi connectivity index (χ4v) is 7.01. The molecule has 0 aliphatic carbocycles. The molecule has 1 aromatic rings. The highest BCUT2D eigenvalue weighted by Crippen LogP contribution is 2.60. The molecule has 198 valence electrons. The third-order valence-electron chi connectivity index (χ3n) is 5.76. The summed E-state index contributed by atoms with van der Waals surface area (Å²) in [6.45, 7) is 3.90. The molecule has 1 rings (SSSR count). The topological polar surface area (TPSA) is 0 Å². The van der Waals surface area contributed by atoms with Gasteiger partial charge in [0.05, 0.1) is 20.0 Å². The van der Waals surface area contributed by atoms with E-state index in [9.17, 15) is 0 Å². The van der Waals surface area contributed by atoms with Gasteiger partial charge in [0.25, 0.3) is 0 Å². The lowest BCUT2D eigenvalue weighted by Gasteiger charge is -2.43. The summed E-state index contributed by atoms with van der Waals surface area (Å²) in [6, 6.07) is 0. The molecule has 0 fully saturated rings. The molecule has 0 bridgehead atoms. The fourth-order valence-electron chi connectivity index (χ4n) is 3.83. The maximum Gasteiger partial charge on any atom is 0.156 e. The molecule has 0 amide bonds. The SMILES string of the molecule is CCc1c(CC)c(C(Cl)(Cl)C([SiH3])Cl)c(C(Cl)(Cl)C([SiH3])Cl)c(C(Cl)(Cl)C([SiH3])Cl)c1C(Cl)(Cl)C([SiH3])Cl. The van der Waals surface area contributed by atoms with Crippen molar-refractivity contribution >= 4 is 180 Å². The first-order valence-corrected chi connectivity index (χ1v) is 19.9. The molecule has 4 unspecified atom stereocenters. The molecule has 16 heteroatoms. The molecule has 0 nitrogen and oxygen atoms in total. The van der Waals surface area contributed by atoms with Gasteiger partial charge in [0.15, 0.2) is 17.3 Å². The van der Waals surface area contributed by atoms with Crippen LogP contribution in [0, 0.1) is 0 Å². The van der Waals surface area contributed by atoms with Crippen LogP contribution in [-0.2, 0) is 30.2 Å². The van der Waals surface area contributed by atoms with Crippen LogP contribution in [-0.4, -0.2) is 61.0 Å². The number of benzene rings is 1. The monoisotopic (exact) mass is 774 g/mol. The van der Waals surface area contributed by atoms with Gasteiger partial charge in [-0.3, -0.25) is 0 Å². The Bertz CT molecular complexity index is 813. The summed E-state index contributed by atoms with van der Waals surface area (Å²) in [7, 11) is 1.71. The molecule has 0 saturated heterocycles. The minimum atomic E-state index is -1.72. The second kappa shape index (κ2) is 13.0. The van der Waals surface area contributed by atoms with Crippen LogP contribution in [0.3, 0.4) is 0 Å². The Hall–Kier alpha value is 3.57. The van der Waals surface area contributed by atoms with E-state index in [0.29, 0.717) is 64.9 Å². The fraction of sp³-hybridized carbons (Fsp3) is 0.667. The van der Waals surface area contributed by atoms with E-state index >= 15 is 0 Å². The maximum absolute atomic E-state index is 7.01. The van der Waals surface area contributed by atoms with Crippen LogP contribution in [0.2, 0.25) is 0 Å². The summed E-state index contributed by atoms with van der Waals surface area (Å²) >= 11 is 82.3. The number of hydrogen-bond acceptors (Lipinski definition) is 0. The van der Waals surface area contributed by atoms with Gasteiger partial charge in [0.2, 0.25) is 0 Å². The summed E-state index contributed by atoms with van der Waals surface area (Å²) in [5, 5.41) is -2.68. The van der Waals surface area contributed by atoms with Crippen LogP contribution < -0.4 is 0 Å². The Morgan fingerprint density at radius 1 is 0.471 bits per heavy atom. The third-order valence-corrected chi connectivity index (χ3v) is 18.5. The molecule has 0 saturated carbocycles. The van der Waals surface area contributed by atoms with Crippen molar-refractivity contribution in [3.8, 4) is 0 Å². The van der Waals surface area contributed by atoms with Gasteiger partial charge in [-0.1, -0.05) is 107 Å². The largest absolute Gasteiger partial charge is 0.156 e. The van der Waals surface area contributed by atoms with Crippen molar-refractivity contribution < 1.29 is 0 Å². The quantitative estimate of drug-likeness (QED) is 0.231. The molecule has 0 aliphatic rings. The molecule has 1 aromatic carbocycles. The second-order valence-corrected chi connectivity index (χ2v) is 23.8. The van der Waals surface area contributed by atoms with E-state index in [1.165, 1.54) is 0 Å². The van der Waals surface area contributed by atoms with E-state index in [1.807, 2.05) is 13.8 Å². The minimum absolute atomic E-state index is 0.248. The predicted molar refractivity (Wildman–Crippen MR) is 177 cm³/mol. The van der Waals surface area contributed by atoms with E-state index in [0.717, 1.165) is 11.1 Å². The first-order chi connectivity index (χ1) is 15.2. The molecule has 0 N–H and O–H groups in total. The highest BCUT2D eigenvalue weighted by molar-refractivity contribution is 6.62. The van der Waals surface area contributed by atoms with Crippen LogP contribution >= 0.6 is 139 Å². The lowest BCUT2D eigenvalue weighted by Crippen LogP contribution is -2.41. The van der Waals surface area contributed by atoms with Gasteiger partial charge in [0, 0.05) is 52.1 Å². The Labute approximate surface area is 274 Å². The van der Waals surface area contributed by atoms with Crippen molar-refractivity contribution in [2.24, 2.45) is 0 Å². The van der Waals surface area contributed by atoms with E-state index in [-0.39, 0.29) is 11.1 Å². The normalized spacial score (nSPS) is 17.8. The van der Waals surface area contributed by atoms with Crippen LogP contribution in [0.25, 0.3) is 0 Å². The van der Waals surface area contributed by atoms with E-state index in [1.54, 1.807) is 0 Å². The highest BCUT2D eigenvalue weighted by atomic mass is 35.5. The van der Waals surface area contributed by atoms with Gasteiger partial charge in [-0.15, -0.1) is 46.4 Å². The summed E-state index contributed by atoms with van der Waals surface area (Å²) < 4.78 is -6.61. The predicted octanol–water partition coefficient (Wildman–Crippen LogP) is 5.05. The lowest BCUT2D eigenvalue weighted by molar-refractivity contribution is 0.745. The van der Waals surface area contributed by atoms with Crippen molar-refractivity contribution in [2.45, 2.75) is 64.0 Å². The number of rotatable bonds is 10. The third kappa shape index (κ3) is 6.71. The number of halogens is 12. The van der Waals surface area contributed by atoms with Gasteiger partial charge in [-0.25, -0.2) is 0 Å². The summed E-state index contributed by atoms with van der Waals surface area (Å²) in [4.78, 5) is 0. The molecule has 34 heavy (non-hydrogen) atoms. The van der Waals surface area contributed by atoms with E-state index in [2.05, 4.69) is 0 Å². The van der Waals surface area contributed by atoms with Gasteiger partial charge in [-0.05, 0) is 35.1 Å².